The van der Waals surface area contributed by atoms with Crippen molar-refractivity contribution < 1.29 is 0 Å². The van der Waals surface area contributed by atoms with E-state index in [9.17, 15) is 0 Å². The number of nitrogens with zero attached hydrogens (tertiary/aromatic N) is 1. The molecule has 4 heteroatoms. The Balaban J connectivity index is 1.69. The van der Waals surface area contributed by atoms with Crippen molar-refractivity contribution in [3.05, 3.63) is 35.9 Å². The van der Waals surface area contributed by atoms with E-state index in [1.807, 2.05) is 6.07 Å². The highest BCUT2D eigenvalue weighted by atomic mass is 32.1. The van der Waals surface area contributed by atoms with Gasteiger partial charge in [0.05, 0.1) is 5.71 Å². The van der Waals surface area contributed by atoms with Gasteiger partial charge in [-0.15, -0.1) is 0 Å². The average molecular weight is 271 g/mol. The van der Waals surface area contributed by atoms with Crippen molar-refractivity contribution in [2.24, 2.45) is 40.4 Å². The van der Waals surface area contributed by atoms with Gasteiger partial charge in [-0.3, -0.25) is 5.43 Å². The molecule has 0 saturated heterocycles. The molecule has 4 bridgehead atoms. The number of benzene rings is 1. The van der Waals surface area contributed by atoms with Crippen LogP contribution >= 0.6 is 12.2 Å². The Labute approximate surface area is 118 Å². The number of hydrogen-bond acceptors (Lipinski definition) is 2. The lowest BCUT2D eigenvalue weighted by Crippen LogP contribution is -2.29. The van der Waals surface area contributed by atoms with Crippen LogP contribution in [0.5, 0.6) is 0 Å². The Kier molecular flexibility index (Phi) is 2.42. The highest BCUT2D eigenvalue weighted by Gasteiger charge is 2.69. The summed E-state index contributed by atoms with van der Waals surface area (Å²) in [6, 6.07) is 10.4. The Morgan fingerprint density at radius 2 is 1.89 bits per heavy atom. The molecule has 4 aliphatic carbocycles. The van der Waals surface area contributed by atoms with E-state index in [4.69, 9.17) is 18.0 Å². The van der Waals surface area contributed by atoms with E-state index in [0.29, 0.717) is 5.92 Å². The molecule has 3 nitrogen and oxygen atoms in total. The van der Waals surface area contributed by atoms with Gasteiger partial charge in [0.15, 0.2) is 5.11 Å². The van der Waals surface area contributed by atoms with Crippen LogP contribution < -0.4 is 11.2 Å². The first-order valence-corrected chi connectivity index (χ1v) is 7.35. The molecule has 4 aliphatic rings. The maximum atomic E-state index is 5.52. The molecule has 0 amide bonds. The maximum absolute atomic E-state index is 5.52. The summed E-state index contributed by atoms with van der Waals surface area (Å²) in [5, 5.41) is 4.77. The Morgan fingerprint density at radius 3 is 2.42 bits per heavy atom. The lowest BCUT2D eigenvalue weighted by molar-refractivity contribution is 0.523. The second kappa shape index (κ2) is 4.04. The van der Waals surface area contributed by atoms with E-state index in [-0.39, 0.29) is 5.11 Å². The maximum Gasteiger partial charge on any atom is 0.184 e. The lowest BCUT2D eigenvalue weighted by atomic mass is 9.89. The van der Waals surface area contributed by atoms with Crippen LogP contribution in [0.2, 0.25) is 0 Å². The first kappa shape index (κ1) is 11.4. The second-order valence-electron chi connectivity index (χ2n) is 6.00. The molecule has 1 aromatic rings. The molecule has 4 fully saturated rings. The summed E-state index contributed by atoms with van der Waals surface area (Å²) < 4.78 is 0. The smallest absolute Gasteiger partial charge is 0.184 e. The minimum Gasteiger partial charge on any atom is -0.375 e. The van der Waals surface area contributed by atoms with Crippen LogP contribution in [0.3, 0.4) is 0 Å². The molecule has 0 aromatic heterocycles. The zero-order chi connectivity index (χ0) is 13.0. The minimum atomic E-state index is 0.242. The summed E-state index contributed by atoms with van der Waals surface area (Å²) in [5.74, 6) is 4.27. The van der Waals surface area contributed by atoms with Gasteiger partial charge in [-0.2, -0.15) is 5.10 Å². The van der Waals surface area contributed by atoms with Crippen LogP contribution in [0.1, 0.15) is 18.4 Å². The third-order valence-electron chi connectivity index (χ3n) is 5.14. The fourth-order valence-electron chi connectivity index (χ4n) is 4.54. The summed E-state index contributed by atoms with van der Waals surface area (Å²) in [7, 11) is 0. The van der Waals surface area contributed by atoms with Crippen molar-refractivity contribution >= 4 is 23.0 Å². The first-order valence-electron chi connectivity index (χ1n) is 6.94. The molecule has 3 N–H and O–H groups in total. The minimum absolute atomic E-state index is 0.242. The van der Waals surface area contributed by atoms with Crippen molar-refractivity contribution in [2.45, 2.75) is 12.8 Å². The quantitative estimate of drug-likeness (QED) is 0.503. The van der Waals surface area contributed by atoms with E-state index in [0.717, 1.165) is 29.4 Å². The molecule has 98 valence electrons. The summed E-state index contributed by atoms with van der Waals surface area (Å²) in [6.07, 6.45) is 2.80. The number of thiocarbonyl (C=S) groups is 1. The molecule has 19 heavy (non-hydrogen) atoms. The molecule has 3 atom stereocenters. The largest absolute Gasteiger partial charge is 0.375 e. The number of nitrogens with one attached hydrogen (secondary N) is 1. The molecular weight excluding hydrogens is 254 g/mol. The monoisotopic (exact) mass is 271 g/mol. The topological polar surface area (TPSA) is 50.4 Å². The number of rotatable bonds is 3. The fraction of sp³-hybridized carbons (Fsp3) is 0.467. The average Bonchev–Trinajstić information content (AvgIpc) is 2.80. The third kappa shape index (κ3) is 1.70. The second-order valence-corrected chi connectivity index (χ2v) is 6.44. The summed E-state index contributed by atoms with van der Waals surface area (Å²) in [4.78, 5) is 0. The SMILES string of the molecule is NC(=S)N/N=C(/c1ccccc1)C1C2CC3C(C2)C31. The predicted octanol–water partition coefficient (Wildman–Crippen LogP) is 2.13. The van der Waals surface area contributed by atoms with E-state index >= 15 is 0 Å². The molecule has 0 aliphatic heterocycles. The Bertz CT molecular complexity index is 540. The van der Waals surface area contributed by atoms with Crippen molar-refractivity contribution in [3.63, 3.8) is 0 Å². The van der Waals surface area contributed by atoms with E-state index < -0.39 is 0 Å². The third-order valence-corrected chi connectivity index (χ3v) is 5.23. The van der Waals surface area contributed by atoms with Crippen LogP contribution in [0, 0.1) is 29.6 Å². The van der Waals surface area contributed by atoms with Gasteiger partial charge >= 0.3 is 0 Å². The number of hydrogen-bond donors (Lipinski definition) is 2. The highest BCUT2D eigenvalue weighted by Crippen LogP contribution is 2.73. The molecule has 4 saturated carbocycles. The lowest BCUT2D eigenvalue weighted by Gasteiger charge is -2.18. The van der Waals surface area contributed by atoms with Gasteiger partial charge in [0.25, 0.3) is 0 Å². The molecule has 0 spiro atoms. The molecule has 5 rings (SSSR count). The zero-order valence-corrected chi connectivity index (χ0v) is 11.4. The van der Waals surface area contributed by atoms with Crippen molar-refractivity contribution in [3.8, 4) is 0 Å². The summed E-state index contributed by atoms with van der Waals surface area (Å²) >= 11 is 4.88. The van der Waals surface area contributed by atoms with Crippen molar-refractivity contribution in [2.75, 3.05) is 0 Å². The van der Waals surface area contributed by atoms with Crippen LogP contribution in [0.4, 0.5) is 0 Å². The highest BCUT2D eigenvalue weighted by molar-refractivity contribution is 7.80. The molecule has 3 unspecified atom stereocenters. The van der Waals surface area contributed by atoms with Crippen LogP contribution in [0.15, 0.2) is 35.4 Å². The number of nitrogens with two attached hydrogens (primary N) is 1. The summed E-state index contributed by atoms with van der Waals surface area (Å²) in [6.45, 7) is 0. The van der Waals surface area contributed by atoms with Gasteiger partial charge < -0.3 is 5.73 Å². The predicted molar refractivity (Wildman–Crippen MR) is 79.6 cm³/mol. The van der Waals surface area contributed by atoms with E-state index in [2.05, 4.69) is 34.8 Å². The Morgan fingerprint density at radius 1 is 1.21 bits per heavy atom. The van der Waals surface area contributed by atoms with Gasteiger partial charge in [-0.25, -0.2) is 0 Å². The van der Waals surface area contributed by atoms with Gasteiger partial charge in [0.2, 0.25) is 0 Å². The van der Waals surface area contributed by atoms with Crippen molar-refractivity contribution in [1.29, 1.82) is 0 Å². The normalized spacial score (nSPS) is 38.3. The van der Waals surface area contributed by atoms with Crippen LogP contribution in [0.25, 0.3) is 0 Å². The fourth-order valence-corrected chi connectivity index (χ4v) is 4.58. The van der Waals surface area contributed by atoms with Gasteiger partial charge in [0, 0.05) is 5.92 Å². The van der Waals surface area contributed by atoms with E-state index in [1.54, 1.807) is 0 Å². The van der Waals surface area contributed by atoms with Gasteiger partial charge in [0.1, 0.15) is 0 Å². The van der Waals surface area contributed by atoms with Crippen LogP contribution in [-0.4, -0.2) is 10.8 Å². The van der Waals surface area contributed by atoms with E-state index in [1.165, 1.54) is 18.4 Å². The molecule has 0 radical (unpaired) electrons. The standard InChI is InChI=1S/C15H17N3S/c16-15(19)18-17-14(8-4-2-1-3-5-8)12-9-6-10-11(7-9)13(10)12/h1-5,9-13H,6-7H2,(H3,16,18,19)/b17-14-. The summed E-state index contributed by atoms with van der Waals surface area (Å²) in [5.41, 5.74) is 10.7. The van der Waals surface area contributed by atoms with Crippen molar-refractivity contribution in [1.82, 2.24) is 5.43 Å². The first-order chi connectivity index (χ1) is 9.25. The van der Waals surface area contributed by atoms with Crippen LogP contribution in [-0.2, 0) is 0 Å². The molecule has 0 heterocycles. The Hall–Kier alpha value is -1.42. The zero-order valence-electron chi connectivity index (χ0n) is 10.6. The number of hydrazone groups is 1. The van der Waals surface area contributed by atoms with Gasteiger partial charge in [-0.05, 0) is 54.3 Å². The molecule has 1 aromatic carbocycles. The van der Waals surface area contributed by atoms with Gasteiger partial charge in [-0.1, -0.05) is 30.3 Å². The molecular formula is C15H17N3S.